The summed E-state index contributed by atoms with van der Waals surface area (Å²) in [6, 6.07) is 13.3. The first-order valence-corrected chi connectivity index (χ1v) is 16.6. The van der Waals surface area contributed by atoms with E-state index in [1.54, 1.807) is 6.20 Å². The largest absolute Gasteiger partial charge is 0.495 e. The normalized spacial score (nSPS) is 19.2. The van der Waals surface area contributed by atoms with E-state index in [0.717, 1.165) is 54.6 Å². The number of carbonyl (C=O) groups is 1. The highest BCUT2D eigenvalue weighted by atomic mass is 16.7. The molecule has 0 unspecified atom stereocenters. The molecule has 1 atom stereocenters. The highest BCUT2D eigenvalue weighted by Crippen LogP contribution is 2.38. The van der Waals surface area contributed by atoms with Crippen LogP contribution in [0.2, 0.25) is 0 Å². The topological polar surface area (TPSA) is 93.9 Å². The molecule has 4 aromatic rings. The van der Waals surface area contributed by atoms with Crippen LogP contribution < -0.4 is 21.1 Å². The summed E-state index contributed by atoms with van der Waals surface area (Å²) in [6.45, 7) is 20.2. The first-order valence-electron chi connectivity index (χ1n) is 16.6. The van der Waals surface area contributed by atoms with E-state index in [1.807, 2.05) is 77.9 Å². The van der Waals surface area contributed by atoms with Crippen LogP contribution in [0.15, 0.2) is 57.9 Å². The number of nitrogens with one attached hydrogen (secondary N) is 1. The molecule has 0 spiro atoms. The molecule has 0 aliphatic carbocycles. The summed E-state index contributed by atoms with van der Waals surface area (Å²) < 4.78 is 19.1. The fraction of sp³-hybridized carbons (Fsp3) is 0.447. The molecule has 8 nitrogen and oxygen atoms in total. The lowest BCUT2D eigenvalue weighted by Crippen LogP contribution is -2.41. The van der Waals surface area contributed by atoms with Gasteiger partial charge in [0, 0.05) is 36.0 Å². The Morgan fingerprint density at radius 3 is 2.32 bits per heavy atom. The Bertz CT molecular complexity index is 1890. The third-order valence-corrected chi connectivity index (χ3v) is 10.4. The molecule has 0 radical (unpaired) electrons. The average Bonchev–Trinajstić information content (AvgIpc) is 3.24. The average molecular weight is 636 g/mol. The standard InChI is InChI=1S/C38H46BN3O5/c1-23-19-28(34-29(20-23)33(44)24(2)35(45-34)42-17-14-36(4,5)15-18-42)25(3)41-31-11-10-16-40-32(31)26-12-13-30(27(21-26)22-43)39-46-37(6,7)38(8,9)47-39/h10-13,16,19-22,25,41H,14-15,17-18H2,1-9H3/t25-/m0/s1. The van der Waals surface area contributed by atoms with Crippen molar-refractivity contribution in [2.45, 2.75) is 92.4 Å². The number of piperidine rings is 1. The van der Waals surface area contributed by atoms with E-state index in [4.69, 9.17) is 18.7 Å². The van der Waals surface area contributed by atoms with E-state index in [1.165, 1.54) is 0 Å². The number of fused-ring (bicyclic) bond motifs is 1. The van der Waals surface area contributed by atoms with Crippen LogP contribution in [-0.2, 0) is 9.31 Å². The zero-order valence-electron chi connectivity index (χ0n) is 29.1. The maximum atomic E-state index is 13.7. The van der Waals surface area contributed by atoms with Gasteiger partial charge in [-0.3, -0.25) is 14.6 Å². The zero-order chi connectivity index (χ0) is 33.9. The van der Waals surface area contributed by atoms with Crippen LogP contribution in [0.25, 0.3) is 22.2 Å². The monoisotopic (exact) mass is 635 g/mol. The molecule has 2 aromatic heterocycles. The van der Waals surface area contributed by atoms with Crippen molar-refractivity contribution in [2.75, 3.05) is 23.3 Å². The molecule has 1 N–H and O–H groups in total. The molecular weight excluding hydrogens is 589 g/mol. The first-order chi connectivity index (χ1) is 22.1. The molecule has 0 saturated carbocycles. The van der Waals surface area contributed by atoms with Gasteiger partial charge in [-0.25, -0.2) is 0 Å². The molecule has 0 amide bonds. The Hall–Kier alpha value is -3.95. The summed E-state index contributed by atoms with van der Waals surface area (Å²) in [4.78, 5) is 33.0. The predicted octanol–water partition coefficient (Wildman–Crippen LogP) is 7.38. The lowest BCUT2D eigenvalue weighted by atomic mass is 9.75. The van der Waals surface area contributed by atoms with Crippen molar-refractivity contribution in [3.8, 4) is 11.3 Å². The fourth-order valence-electron chi connectivity index (χ4n) is 6.57. The molecule has 2 aliphatic heterocycles. The van der Waals surface area contributed by atoms with Gasteiger partial charge in [0.15, 0.2) is 5.43 Å². The van der Waals surface area contributed by atoms with Gasteiger partial charge in [-0.2, -0.15) is 0 Å². The summed E-state index contributed by atoms with van der Waals surface area (Å²) in [6.07, 6.45) is 4.66. The molecule has 9 heteroatoms. The van der Waals surface area contributed by atoms with Gasteiger partial charge in [-0.05, 0) is 102 Å². The van der Waals surface area contributed by atoms with Crippen LogP contribution in [0.1, 0.15) is 94.4 Å². The lowest BCUT2D eigenvalue weighted by molar-refractivity contribution is 0.00578. The molecule has 2 aliphatic rings. The predicted molar refractivity (Wildman–Crippen MR) is 190 cm³/mol. The number of rotatable bonds is 7. The van der Waals surface area contributed by atoms with Gasteiger partial charge in [0.1, 0.15) is 11.9 Å². The van der Waals surface area contributed by atoms with Crippen LogP contribution in [0, 0.1) is 19.3 Å². The molecule has 47 heavy (non-hydrogen) atoms. The number of carbonyl (C=O) groups excluding carboxylic acids is 1. The molecular formula is C38H46BN3O5. The summed E-state index contributed by atoms with van der Waals surface area (Å²) in [5, 5.41) is 4.23. The second-order valence-corrected chi connectivity index (χ2v) is 15.1. The number of hydrogen-bond acceptors (Lipinski definition) is 8. The molecule has 4 heterocycles. The van der Waals surface area contributed by atoms with Crippen molar-refractivity contribution in [3.63, 3.8) is 0 Å². The smallest absolute Gasteiger partial charge is 0.440 e. The Labute approximate surface area is 278 Å². The summed E-state index contributed by atoms with van der Waals surface area (Å²) in [5.74, 6) is 0.667. The molecule has 246 valence electrons. The van der Waals surface area contributed by atoms with Gasteiger partial charge in [-0.15, -0.1) is 0 Å². The third kappa shape index (κ3) is 6.11. The minimum atomic E-state index is -0.648. The Kier molecular flexibility index (Phi) is 8.38. The van der Waals surface area contributed by atoms with Crippen molar-refractivity contribution >= 4 is 41.4 Å². The van der Waals surface area contributed by atoms with E-state index in [-0.39, 0.29) is 16.9 Å². The highest BCUT2D eigenvalue weighted by molar-refractivity contribution is 6.63. The van der Waals surface area contributed by atoms with E-state index in [9.17, 15) is 9.59 Å². The third-order valence-electron chi connectivity index (χ3n) is 10.4. The summed E-state index contributed by atoms with van der Waals surface area (Å²) >= 11 is 0. The number of aryl methyl sites for hydroxylation is 1. The number of benzene rings is 2. The van der Waals surface area contributed by atoms with Gasteiger partial charge >= 0.3 is 7.12 Å². The zero-order valence-corrected chi connectivity index (χ0v) is 29.1. The van der Waals surface area contributed by atoms with Gasteiger partial charge in [0.2, 0.25) is 5.88 Å². The number of aromatic nitrogens is 1. The van der Waals surface area contributed by atoms with Crippen LogP contribution in [0.4, 0.5) is 11.6 Å². The SMILES string of the molecule is Cc1cc([C@H](C)Nc2cccnc2-c2ccc(B3OC(C)(C)C(C)(C)O3)c(C=O)c2)c2oc(N3CCC(C)(C)CC3)c(C)c(=O)c2c1. The quantitative estimate of drug-likeness (QED) is 0.166. The molecule has 6 rings (SSSR count). The van der Waals surface area contributed by atoms with Crippen LogP contribution in [-0.4, -0.2) is 42.7 Å². The Morgan fingerprint density at radius 2 is 1.66 bits per heavy atom. The Morgan fingerprint density at radius 1 is 0.979 bits per heavy atom. The highest BCUT2D eigenvalue weighted by Gasteiger charge is 2.52. The number of aldehydes is 1. The molecule has 0 bridgehead atoms. The Balaban J connectivity index is 1.34. The van der Waals surface area contributed by atoms with Crippen molar-refractivity contribution < 1.29 is 18.5 Å². The van der Waals surface area contributed by atoms with Crippen molar-refractivity contribution in [3.05, 3.63) is 81.1 Å². The van der Waals surface area contributed by atoms with Gasteiger partial charge in [-0.1, -0.05) is 32.0 Å². The second kappa shape index (κ2) is 11.9. The van der Waals surface area contributed by atoms with Crippen molar-refractivity contribution in [1.82, 2.24) is 4.98 Å². The van der Waals surface area contributed by atoms with E-state index >= 15 is 0 Å². The summed E-state index contributed by atoms with van der Waals surface area (Å²) in [5.41, 5.74) is 5.84. The lowest BCUT2D eigenvalue weighted by Gasteiger charge is -2.37. The van der Waals surface area contributed by atoms with Crippen molar-refractivity contribution in [1.29, 1.82) is 0 Å². The maximum Gasteiger partial charge on any atom is 0.495 e. The summed E-state index contributed by atoms with van der Waals surface area (Å²) in [7, 11) is -0.648. The van der Waals surface area contributed by atoms with E-state index in [2.05, 4.69) is 37.1 Å². The minimum Gasteiger partial charge on any atom is -0.440 e. The second-order valence-electron chi connectivity index (χ2n) is 15.1. The maximum absolute atomic E-state index is 13.7. The molecule has 2 saturated heterocycles. The van der Waals surface area contributed by atoms with E-state index in [0.29, 0.717) is 39.1 Å². The number of nitrogens with zero attached hydrogens (tertiary/aromatic N) is 2. The van der Waals surface area contributed by atoms with Crippen LogP contribution >= 0.6 is 0 Å². The molecule has 2 aromatic carbocycles. The minimum absolute atomic E-state index is 0.00813. The van der Waals surface area contributed by atoms with Crippen molar-refractivity contribution in [2.24, 2.45) is 5.41 Å². The fourth-order valence-corrected chi connectivity index (χ4v) is 6.57. The van der Waals surface area contributed by atoms with Gasteiger partial charge in [0.25, 0.3) is 0 Å². The number of anilines is 2. The van der Waals surface area contributed by atoms with Gasteiger partial charge < -0.3 is 23.9 Å². The van der Waals surface area contributed by atoms with Crippen LogP contribution in [0.3, 0.4) is 0 Å². The molecule has 2 fully saturated rings. The van der Waals surface area contributed by atoms with Crippen LogP contribution in [0.5, 0.6) is 0 Å². The van der Waals surface area contributed by atoms with Gasteiger partial charge in [0.05, 0.1) is 39.6 Å². The number of pyridine rings is 1. The first kappa shape index (κ1) is 33.0. The van der Waals surface area contributed by atoms with E-state index < -0.39 is 18.3 Å². The number of hydrogen-bond donors (Lipinski definition) is 1.